The van der Waals surface area contributed by atoms with Gasteiger partial charge in [0.25, 0.3) is 0 Å². The first kappa shape index (κ1) is 15.5. The van der Waals surface area contributed by atoms with Crippen LogP contribution in [0.15, 0.2) is 18.2 Å². The van der Waals surface area contributed by atoms with Gasteiger partial charge in [0.1, 0.15) is 17.9 Å². The molecule has 0 fully saturated rings. The molecule has 1 rings (SSSR count). The molecule has 0 aromatic heterocycles. The summed E-state index contributed by atoms with van der Waals surface area (Å²) >= 11 is 0. The van der Waals surface area contributed by atoms with E-state index in [0.717, 1.165) is 16.9 Å². The molecule has 0 radical (unpaired) electrons. The molecular formula is C16H24N2O. The summed E-state index contributed by atoms with van der Waals surface area (Å²) in [4.78, 5) is 0. The van der Waals surface area contributed by atoms with Crippen LogP contribution in [0.5, 0.6) is 5.75 Å². The van der Waals surface area contributed by atoms with Gasteiger partial charge in [0.2, 0.25) is 0 Å². The van der Waals surface area contributed by atoms with Crippen molar-refractivity contribution in [3.05, 3.63) is 29.3 Å². The molecule has 3 heteroatoms. The summed E-state index contributed by atoms with van der Waals surface area (Å²) < 4.78 is 5.91. The molecule has 19 heavy (non-hydrogen) atoms. The maximum Gasteiger partial charge on any atom is 0.137 e. The highest BCUT2D eigenvalue weighted by Gasteiger charge is 2.24. The van der Waals surface area contributed by atoms with Gasteiger partial charge < -0.3 is 4.74 Å². The molecule has 0 aliphatic carbocycles. The normalized spacial score (nSPS) is 14.6. The monoisotopic (exact) mass is 260 g/mol. The highest BCUT2D eigenvalue weighted by atomic mass is 16.5. The van der Waals surface area contributed by atoms with Crippen LogP contribution in [-0.2, 0) is 5.41 Å². The van der Waals surface area contributed by atoms with Crippen LogP contribution < -0.4 is 10.1 Å². The lowest BCUT2D eigenvalue weighted by Crippen LogP contribution is -2.44. The number of rotatable bonds is 4. The molecule has 0 bridgehead atoms. The molecule has 1 atom stereocenters. The van der Waals surface area contributed by atoms with Crippen molar-refractivity contribution in [3.8, 4) is 11.8 Å². The van der Waals surface area contributed by atoms with Crippen molar-refractivity contribution in [1.82, 2.24) is 5.32 Å². The summed E-state index contributed by atoms with van der Waals surface area (Å²) in [5.74, 6) is 0.865. The van der Waals surface area contributed by atoms with Gasteiger partial charge in [-0.3, -0.25) is 5.32 Å². The Kier molecular flexibility index (Phi) is 4.60. The van der Waals surface area contributed by atoms with E-state index in [0.29, 0.717) is 6.61 Å². The average molecular weight is 260 g/mol. The molecule has 104 valence electrons. The van der Waals surface area contributed by atoms with Gasteiger partial charge >= 0.3 is 0 Å². The molecule has 0 spiro atoms. The maximum absolute atomic E-state index is 9.15. The number of hydrogen-bond donors (Lipinski definition) is 1. The molecule has 0 aliphatic rings. The molecule has 0 aliphatic heterocycles. The van der Waals surface area contributed by atoms with E-state index < -0.39 is 5.54 Å². The van der Waals surface area contributed by atoms with Crippen molar-refractivity contribution in [2.45, 2.75) is 45.6 Å². The van der Waals surface area contributed by atoms with Crippen LogP contribution in [0.4, 0.5) is 0 Å². The minimum atomic E-state index is -0.668. The van der Waals surface area contributed by atoms with Gasteiger partial charge in [-0.1, -0.05) is 32.9 Å². The van der Waals surface area contributed by atoms with E-state index in [-0.39, 0.29) is 5.41 Å². The molecule has 1 aromatic rings. The van der Waals surface area contributed by atoms with Crippen molar-refractivity contribution >= 4 is 0 Å². The molecule has 0 amide bonds. The summed E-state index contributed by atoms with van der Waals surface area (Å²) in [6.07, 6.45) is 0. The van der Waals surface area contributed by atoms with E-state index in [2.05, 4.69) is 44.3 Å². The van der Waals surface area contributed by atoms with Crippen LogP contribution in [0.25, 0.3) is 0 Å². The van der Waals surface area contributed by atoms with Crippen LogP contribution >= 0.6 is 0 Å². The topological polar surface area (TPSA) is 45.0 Å². The molecule has 1 N–H and O–H groups in total. The fourth-order valence-corrected chi connectivity index (χ4v) is 1.75. The Morgan fingerprint density at radius 2 is 1.89 bits per heavy atom. The van der Waals surface area contributed by atoms with Crippen molar-refractivity contribution in [2.75, 3.05) is 13.7 Å². The lowest BCUT2D eigenvalue weighted by molar-refractivity contribution is 0.237. The number of hydrogen-bond acceptors (Lipinski definition) is 3. The van der Waals surface area contributed by atoms with E-state index in [1.165, 1.54) is 0 Å². The Morgan fingerprint density at radius 1 is 1.26 bits per heavy atom. The van der Waals surface area contributed by atoms with E-state index >= 15 is 0 Å². The first-order valence-electron chi connectivity index (χ1n) is 6.56. The summed E-state index contributed by atoms with van der Waals surface area (Å²) in [5.41, 5.74) is 1.67. The molecule has 0 saturated carbocycles. The first-order chi connectivity index (χ1) is 8.72. The number of nitriles is 1. The zero-order valence-corrected chi connectivity index (χ0v) is 12.8. The molecule has 1 aromatic carbocycles. The Labute approximate surface area is 116 Å². The van der Waals surface area contributed by atoms with E-state index in [1.807, 2.05) is 19.9 Å². The quantitative estimate of drug-likeness (QED) is 0.904. The molecule has 0 saturated heterocycles. The number of aryl methyl sites for hydroxylation is 1. The predicted molar refractivity (Wildman–Crippen MR) is 78.5 cm³/mol. The van der Waals surface area contributed by atoms with Crippen LogP contribution in [0.2, 0.25) is 0 Å². The Balaban J connectivity index is 3.01. The van der Waals surface area contributed by atoms with Gasteiger partial charge in [0.05, 0.1) is 6.07 Å². The Bertz CT molecular complexity index is 483. The zero-order valence-electron chi connectivity index (χ0n) is 12.8. The fraction of sp³-hybridized carbons (Fsp3) is 0.562. The van der Waals surface area contributed by atoms with Crippen LogP contribution in [0.3, 0.4) is 0 Å². The third-order valence-corrected chi connectivity index (χ3v) is 3.26. The summed E-state index contributed by atoms with van der Waals surface area (Å²) in [7, 11) is 1.77. The number of benzene rings is 1. The van der Waals surface area contributed by atoms with Crippen LogP contribution in [0.1, 0.15) is 38.8 Å². The fourth-order valence-electron chi connectivity index (χ4n) is 1.75. The van der Waals surface area contributed by atoms with Crippen molar-refractivity contribution < 1.29 is 4.74 Å². The number of ether oxygens (including phenoxy) is 1. The first-order valence-corrected chi connectivity index (χ1v) is 6.56. The SMILES string of the molecule is CNC(C)(C#N)COc1cc(C)ccc1C(C)(C)C. The molecular weight excluding hydrogens is 236 g/mol. The highest BCUT2D eigenvalue weighted by Crippen LogP contribution is 2.32. The molecule has 0 heterocycles. The third-order valence-electron chi connectivity index (χ3n) is 3.26. The summed E-state index contributed by atoms with van der Waals surface area (Å²) in [5, 5.41) is 12.1. The lowest BCUT2D eigenvalue weighted by Gasteiger charge is -2.26. The number of nitrogens with zero attached hydrogens (tertiary/aromatic N) is 1. The van der Waals surface area contributed by atoms with Gasteiger partial charge in [0.15, 0.2) is 0 Å². The average Bonchev–Trinajstić information content (AvgIpc) is 2.34. The second-order valence-corrected chi connectivity index (χ2v) is 6.23. The van der Waals surface area contributed by atoms with Crippen LogP contribution in [-0.4, -0.2) is 19.2 Å². The van der Waals surface area contributed by atoms with E-state index in [1.54, 1.807) is 7.05 Å². The molecule has 1 unspecified atom stereocenters. The second-order valence-electron chi connectivity index (χ2n) is 6.23. The smallest absolute Gasteiger partial charge is 0.137 e. The van der Waals surface area contributed by atoms with Gasteiger partial charge in [-0.15, -0.1) is 0 Å². The van der Waals surface area contributed by atoms with Gasteiger partial charge in [-0.25, -0.2) is 0 Å². The zero-order chi connectivity index (χ0) is 14.7. The van der Waals surface area contributed by atoms with Crippen LogP contribution in [0, 0.1) is 18.3 Å². The lowest BCUT2D eigenvalue weighted by atomic mass is 9.86. The number of likely N-dealkylation sites (N-methyl/N-ethyl adjacent to an activating group) is 1. The second kappa shape index (κ2) is 5.63. The number of nitrogens with one attached hydrogen (secondary N) is 1. The highest BCUT2D eigenvalue weighted by molar-refractivity contribution is 5.41. The van der Waals surface area contributed by atoms with Gasteiger partial charge in [0, 0.05) is 0 Å². The maximum atomic E-state index is 9.15. The standard InChI is InChI=1S/C16H24N2O/c1-12-7-8-13(15(2,3)4)14(9-12)19-11-16(5,10-17)18-6/h7-9,18H,11H2,1-6H3. The minimum Gasteiger partial charge on any atom is -0.490 e. The minimum absolute atomic E-state index is 0.0196. The Hall–Kier alpha value is -1.53. The predicted octanol–water partition coefficient (Wildman–Crippen LogP) is 3.17. The van der Waals surface area contributed by atoms with Crippen molar-refractivity contribution in [2.24, 2.45) is 0 Å². The van der Waals surface area contributed by atoms with Gasteiger partial charge in [-0.05, 0) is 43.5 Å². The Morgan fingerprint density at radius 3 is 2.37 bits per heavy atom. The molecule has 3 nitrogen and oxygen atoms in total. The largest absolute Gasteiger partial charge is 0.490 e. The van der Waals surface area contributed by atoms with Crippen molar-refractivity contribution in [1.29, 1.82) is 5.26 Å². The van der Waals surface area contributed by atoms with Gasteiger partial charge in [-0.2, -0.15) is 5.26 Å². The summed E-state index contributed by atoms with van der Waals surface area (Å²) in [6, 6.07) is 8.47. The van der Waals surface area contributed by atoms with E-state index in [9.17, 15) is 0 Å². The third kappa shape index (κ3) is 3.97. The van der Waals surface area contributed by atoms with E-state index in [4.69, 9.17) is 10.00 Å². The summed E-state index contributed by atoms with van der Waals surface area (Å²) in [6.45, 7) is 10.7. The van der Waals surface area contributed by atoms with Crippen molar-refractivity contribution in [3.63, 3.8) is 0 Å².